The highest BCUT2D eigenvalue weighted by molar-refractivity contribution is 4.97. The van der Waals surface area contributed by atoms with E-state index in [1.165, 1.54) is 19.4 Å². The summed E-state index contributed by atoms with van der Waals surface area (Å²) in [4.78, 5) is 2.50. The zero-order valence-corrected chi connectivity index (χ0v) is 6.21. The van der Waals surface area contributed by atoms with Crippen LogP contribution in [0, 0.1) is 0 Å². The molecule has 2 aliphatic heterocycles. The lowest BCUT2D eigenvalue weighted by Crippen LogP contribution is -2.49. The summed E-state index contributed by atoms with van der Waals surface area (Å²) in [5, 5.41) is 3.38. The molecule has 2 heterocycles. The second kappa shape index (κ2) is 2.72. The molecule has 10 heavy (non-hydrogen) atoms. The zero-order chi connectivity index (χ0) is 6.81. The standard InChI is InChI=1S/C8H14N2/c1-2-6-10-7-9-5-4-8(10)3-1/h1-2,8-9H,3-7H2. The minimum Gasteiger partial charge on any atom is -0.304 e. The van der Waals surface area contributed by atoms with Gasteiger partial charge in [-0.15, -0.1) is 0 Å². The average molecular weight is 138 g/mol. The molecule has 1 atom stereocenters. The smallest absolute Gasteiger partial charge is 0.0486 e. The Kier molecular flexibility index (Phi) is 1.74. The number of fused-ring (bicyclic) bond motifs is 1. The van der Waals surface area contributed by atoms with Crippen LogP contribution in [-0.4, -0.2) is 30.7 Å². The maximum atomic E-state index is 3.38. The van der Waals surface area contributed by atoms with E-state index < -0.39 is 0 Å². The third kappa shape index (κ3) is 1.09. The molecule has 0 spiro atoms. The van der Waals surface area contributed by atoms with Crippen LogP contribution in [0.3, 0.4) is 0 Å². The van der Waals surface area contributed by atoms with Crippen molar-refractivity contribution in [3.63, 3.8) is 0 Å². The molecule has 0 aromatic heterocycles. The Morgan fingerprint density at radius 3 is 3.30 bits per heavy atom. The van der Waals surface area contributed by atoms with E-state index in [4.69, 9.17) is 0 Å². The first-order valence-electron chi connectivity index (χ1n) is 4.06. The summed E-state index contributed by atoms with van der Waals surface area (Å²) in [5.74, 6) is 0. The van der Waals surface area contributed by atoms with Crippen LogP contribution in [0.2, 0.25) is 0 Å². The molecule has 0 amide bonds. The molecule has 1 N–H and O–H groups in total. The molecule has 1 saturated heterocycles. The number of hydrogen-bond donors (Lipinski definition) is 1. The van der Waals surface area contributed by atoms with Gasteiger partial charge in [-0.05, 0) is 19.4 Å². The van der Waals surface area contributed by atoms with Crippen molar-refractivity contribution < 1.29 is 0 Å². The van der Waals surface area contributed by atoms with Gasteiger partial charge >= 0.3 is 0 Å². The number of nitrogens with zero attached hydrogens (tertiary/aromatic N) is 1. The average Bonchev–Trinajstić information content (AvgIpc) is 2.05. The molecular weight excluding hydrogens is 124 g/mol. The fourth-order valence-electron chi connectivity index (χ4n) is 1.75. The van der Waals surface area contributed by atoms with E-state index in [0.717, 1.165) is 19.3 Å². The molecule has 0 saturated carbocycles. The van der Waals surface area contributed by atoms with Crippen LogP contribution in [0.15, 0.2) is 12.2 Å². The first kappa shape index (κ1) is 6.38. The van der Waals surface area contributed by atoms with Crippen LogP contribution < -0.4 is 5.32 Å². The van der Waals surface area contributed by atoms with Crippen LogP contribution >= 0.6 is 0 Å². The largest absolute Gasteiger partial charge is 0.304 e. The van der Waals surface area contributed by atoms with Gasteiger partial charge in [-0.2, -0.15) is 0 Å². The van der Waals surface area contributed by atoms with Crippen molar-refractivity contribution in [2.24, 2.45) is 0 Å². The lowest BCUT2D eigenvalue weighted by molar-refractivity contribution is 0.149. The Morgan fingerprint density at radius 2 is 2.40 bits per heavy atom. The van der Waals surface area contributed by atoms with Crippen LogP contribution in [0.5, 0.6) is 0 Å². The summed E-state index contributed by atoms with van der Waals surface area (Å²) in [5.41, 5.74) is 0. The van der Waals surface area contributed by atoms with Gasteiger partial charge in [0.25, 0.3) is 0 Å². The van der Waals surface area contributed by atoms with E-state index in [2.05, 4.69) is 22.4 Å². The first-order chi connectivity index (χ1) is 4.97. The van der Waals surface area contributed by atoms with Gasteiger partial charge < -0.3 is 5.32 Å². The Morgan fingerprint density at radius 1 is 1.40 bits per heavy atom. The molecule has 2 nitrogen and oxygen atoms in total. The maximum Gasteiger partial charge on any atom is 0.0486 e. The summed E-state index contributed by atoms with van der Waals surface area (Å²) >= 11 is 0. The monoisotopic (exact) mass is 138 g/mol. The summed E-state index contributed by atoms with van der Waals surface area (Å²) in [6.45, 7) is 3.45. The van der Waals surface area contributed by atoms with Gasteiger partial charge in [0.2, 0.25) is 0 Å². The van der Waals surface area contributed by atoms with Crippen molar-refractivity contribution in [3.8, 4) is 0 Å². The van der Waals surface area contributed by atoms with Crippen LogP contribution in [0.1, 0.15) is 12.8 Å². The minimum atomic E-state index is 0.839. The fourth-order valence-corrected chi connectivity index (χ4v) is 1.75. The third-order valence-electron chi connectivity index (χ3n) is 2.40. The Hall–Kier alpha value is -0.340. The maximum absolute atomic E-state index is 3.38. The third-order valence-corrected chi connectivity index (χ3v) is 2.40. The SMILES string of the molecule is C1=CCN2CNCCC2C1. The molecule has 1 unspecified atom stereocenters. The molecule has 2 rings (SSSR count). The molecule has 0 radical (unpaired) electrons. The van der Waals surface area contributed by atoms with Gasteiger partial charge in [0, 0.05) is 19.3 Å². The van der Waals surface area contributed by atoms with Crippen molar-refractivity contribution in [1.82, 2.24) is 10.2 Å². The molecule has 0 aliphatic carbocycles. The summed E-state index contributed by atoms with van der Waals surface area (Å²) in [6.07, 6.45) is 7.17. The highest BCUT2D eigenvalue weighted by Crippen LogP contribution is 2.15. The van der Waals surface area contributed by atoms with Gasteiger partial charge in [-0.3, -0.25) is 4.90 Å². The second-order valence-corrected chi connectivity index (χ2v) is 3.08. The van der Waals surface area contributed by atoms with E-state index >= 15 is 0 Å². The summed E-state index contributed by atoms with van der Waals surface area (Å²) < 4.78 is 0. The predicted octanol–water partition coefficient (Wildman–Crippen LogP) is 0.568. The quantitative estimate of drug-likeness (QED) is 0.492. The summed E-state index contributed by atoms with van der Waals surface area (Å²) in [6, 6.07) is 0.839. The van der Waals surface area contributed by atoms with Gasteiger partial charge in [-0.1, -0.05) is 12.2 Å². The molecule has 2 aliphatic rings. The first-order valence-corrected chi connectivity index (χ1v) is 4.06. The van der Waals surface area contributed by atoms with Crippen molar-refractivity contribution in [3.05, 3.63) is 12.2 Å². The molecular formula is C8H14N2. The molecule has 0 bridgehead atoms. The van der Waals surface area contributed by atoms with E-state index in [0.29, 0.717) is 0 Å². The van der Waals surface area contributed by atoms with Crippen molar-refractivity contribution in [2.75, 3.05) is 19.8 Å². The highest BCUT2D eigenvalue weighted by atomic mass is 15.3. The number of rotatable bonds is 0. The normalized spacial score (nSPS) is 33.8. The van der Waals surface area contributed by atoms with Gasteiger partial charge in [-0.25, -0.2) is 0 Å². The van der Waals surface area contributed by atoms with Gasteiger partial charge in [0.05, 0.1) is 0 Å². The van der Waals surface area contributed by atoms with Crippen LogP contribution in [-0.2, 0) is 0 Å². The lowest BCUT2D eigenvalue weighted by Gasteiger charge is -2.36. The second-order valence-electron chi connectivity index (χ2n) is 3.08. The number of nitrogens with one attached hydrogen (secondary N) is 1. The van der Waals surface area contributed by atoms with E-state index in [-0.39, 0.29) is 0 Å². The van der Waals surface area contributed by atoms with E-state index in [1.807, 2.05) is 0 Å². The molecule has 0 aromatic carbocycles. The summed E-state index contributed by atoms with van der Waals surface area (Å²) in [7, 11) is 0. The Labute approximate surface area is 61.9 Å². The molecule has 0 aromatic rings. The number of hydrogen-bond acceptors (Lipinski definition) is 2. The fraction of sp³-hybridized carbons (Fsp3) is 0.750. The Balaban J connectivity index is 2.01. The zero-order valence-electron chi connectivity index (χ0n) is 6.21. The van der Waals surface area contributed by atoms with Crippen LogP contribution in [0.4, 0.5) is 0 Å². The molecule has 2 heteroatoms. The Bertz CT molecular complexity index is 126. The van der Waals surface area contributed by atoms with Gasteiger partial charge in [0.1, 0.15) is 0 Å². The highest BCUT2D eigenvalue weighted by Gasteiger charge is 2.21. The molecule has 1 fully saturated rings. The minimum absolute atomic E-state index is 0.839. The van der Waals surface area contributed by atoms with Crippen molar-refractivity contribution >= 4 is 0 Å². The lowest BCUT2D eigenvalue weighted by atomic mass is 10.0. The van der Waals surface area contributed by atoms with E-state index in [1.54, 1.807) is 0 Å². The molecule has 56 valence electrons. The van der Waals surface area contributed by atoms with Crippen molar-refractivity contribution in [2.45, 2.75) is 18.9 Å². The van der Waals surface area contributed by atoms with Gasteiger partial charge in [0.15, 0.2) is 0 Å². The predicted molar refractivity (Wildman–Crippen MR) is 41.7 cm³/mol. The van der Waals surface area contributed by atoms with E-state index in [9.17, 15) is 0 Å². The van der Waals surface area contributed by atoms with Crippen LogP contribution in [0.25, 0.3) is 0 Å². The topological polar surface area (TPSA) is 15.3 Å². The van der Waals surface area contributed by atoms with Crippen molar-refractivity contribution in [1.29, 1.82) is 0 Å².